The Balaban J connectivity index is 2.00. The molecular weight excluding hydrogens is 242 g/mol. The highest BCUT2D eigenvalue weighted by atomic mass is 35.5. The molecule has 0 spiro atoms. The van der Waals surface area contributed by atoms with Gasteiger partial charge in [0.25, 0.3) is 5.78 Å². The zero-order valence-corrected chi connectivity index (χ0v) is 10.3. The van der Waals surface area contributed by atoms with Gasteiger partial charge in [-0.25, -0.2) is 0 Å². The van der Waals surface area contributed by atoms with Gasteiger partial charge in [-0.2, -0.15) is 19.6 Å². The maximum Gasteiger partial charge on any atom is 0.255 e. The third kappa shape index (κ3) is 3.04. The van der Waals surface area contributed by atoms with E-state index in [0.717, 1.165) is 32.0 Å². The van der Waals surface area contributed by atoms with Crippen LogP contribution in [0, 0.1) is 0 Å². The quantitative estimate of drug-likeness (QED) is 0.628. The first-order valence-electron chi connectivity index (χ1n) is 5.49. The smallest absolute Gasteiger partial charge is 0.255 e. The molecule has 0 saturated heterocycles. The van der Waals surface area contributed by atoms with E-state index in [0.29, 0.717) is 10.9 Å². The molecule has 2 aromatic rings. The van der Waals surface area contributed by atoms with Gasteiger partial charge in [0.15, 0.2) is 0 Å². The lowest BCUT2D eigenvalue weighted by molar-refractivity contribution is 0.147. The minimum absolute atomic E-state index is 0.401. The summed E-state index contributed by atoms with van der Waals surface area (Å²) in [6.07, 6.45) is 2.37. The van der Waals surface area contributed by atoms with Crippen LogP contribution in [0.15, 0.2) is 12.4 Å². The van der Waals surface area contributed by atoms with Crippen LogP contribution >= 0.6 is 11.6 Å². The summed E-state index contributed by atoms with van der Waals surface area (Å²) in [6, 6.07) is 1.73. The molecule has 0 aromatic carbocycles. The van der Waals surface area contributed by atoms with Crippen molar-refractivity contribution >= 4 is 23.2 Å². The second-order valence-corrected chi connectivity index (χ2v) is 3.80. The summed E-state index contributed by atoms with van der Waals surface area (Å²) in [5.74, 6) is 1.28. The predicted molar refractivity (Wildman–Crippen MR) is 65.4 cm³/mol. The van der Waals surface area contributed by atoms with Gasteiger partial charge in [0.1, 0.15) is 17.3 Å². The summed E-state index contributed by atoms with van der Waals surface area (Å²) in [5.41, 5.74) is 0. The van der Waals surface area contributed by atoms with E-state index in [-0.39, 0.29) is 0 Å². The number of ether oxygens (including phenoxy) is 1. The number of hydrogen-bond acceptors (Lipinski definition) is 5. The Morgan fingerprint density at radius 2 is 2.41 bits per heavy atom. The molecule has 0 amide bonds. The monoisotopic (exact) mass is 255 g/mol. The second kappa shape index (κ2) is 5.79. The SMILES string of the molecule is CCOCCCNc1cc(Cl)nc2ncnn12. The number of rotatable bonds is 6. The number of anilines is 1. The van der Waals surface area contributed by atoms with Gasteiger partial charge in [-0.05, 0) is 13.3 Å². The molecule has 0 aliphatic heterocycles. The first-order valence-corrected chi connectivity index (χ1v) is 5.87. The van der Waals surface area contributed by atoms with Crippen LogP contribution in [-0.2, 0) is 4.74 Å². The van der Waals surface area contributed by atoms with Crippen molar-refractivity contribution < 1.29 is 4.74 Å². The molecule has 0 unspecified atom stereocenters. The maximum absolute atomic E-state index is 5.89. The van der Waals surface area contributed by atoms with Crippen molar-refractivity contribution in [3.05, 3.63) is 17.5 Å². The summed E-state index contributed by atoms with van der Waals surface area (Å²) in [4.78, 5) is 8.03. The van der Waals surface area contributed by atoms with Crippen LogP contribution in [0.2, 0.25) is 5.15 Å². The molecule has 0 aliphatic rings. The normalized spacial score (nSPS) is 10.9. The van der Waals surface area contributed by atoms with Gasteiger partial charge in [-0.1, -0.05) is 11.6 Å². The van der Waals surface area contributed by atoms with Crippen LogP contribution in [0.4, 0.5) is 5.82 Å². The van der Waals surface area contributed by atoms with E-state index >= 15 is 0 Å². The predicted octanol–water partition coefficient (Wildman–Crippen LogP) is 1.62. The summed E-state index contributed by atoms with van der Waals surface area (Å²) >= 11 is 5.89. The van der Waals surface area contributed by atoms with Gasteiger partial charge in [0.05, 0.1) is 0 Å². The topological polar surface area (TPSA) is 64.3 Å². The van der Waals surface area contributed by atoms with Gasteiger partial charge < -0.3 is 10.1 Å². The fourth-order valence-electron chi connectivity index (χ4n) is 1.44. The Kier molecular flexibility index (Phi) is 4.11. The standard InChI is InChI=1S/C10H14ClN5O/c1-2-17-5-3-4-12-9-6-8(11)15-10-13-7-14-16(9)10/h6-7,12H,2-5H2,1H3. The average Bonchev–Trinajstić information content (AvgIpc) is 2.76. The molecule has 2 heterocycles. The van der Waals surface area contributed by atoms with Crippen molar-refractivity contribution in [2.24, 2.45) is 0 Å². The van der Waals surface area contributed by atoms with Crippen molar-refractivity contribution in [3.8, 4) is 0 Å². The van der Waals surface area contributed by atoms with Gasteiger partial charge in [-0.15, -0.1) is 0 Å². The van der Waals surface area contributed by atoms with E-state index in [1.807, 2.05) is 6.92 Å². The van der Waals surface area contributed by atoms with Gasteiger partial charge in [-0.3, -0.25) is 0 Å². The van der Waals surface area contributed by atoms with Gasteiger partial charge in [0.2, 0.25) is 0 Å². The maximum atomic E-state index is 5.89. The number of fused-ring (bicyclic) bond motifs is 1. The second-order valence-electron chi connectivity index (χ2n) is 3.41. The van der Waals surface area contributed by atoms with Crippen LogP contribution in [0.25, 0.3) is 5.78 Å². The third-order valence-electron chi connectivity index (χ3n) is 2.20. The Bertz CT molecular complexity index is 487. The number of aromatic nitrogens is 4. The lowest BCUT2D eigenvalue weighted by atomic mass is 10.4. The first-order chi connectivity index (χ1) is 8.31. The number of hydrogen-bond donors (Lipinski definition) is 1. The highest BCUT2D eigenvalue weighted by Gasteiger charge is 2.05. The van der Waals surface area contributed by atoms with Crippen molar-refractivity contribution in [2.45, 2.75) is 13.3 Å². The molecule has 0 radical (unpaired) electrons. The number of nitrogens with zero attached hydrogens (tertiary/aromatic N) is 4. The minimum atomic E-state index is 0.401. The van der Waals surface area contributed by atoms with E-state index in [1.54, 1.807) is 10.6 Å². The van der Waals surface area contributed by atoms with E-state index in [4.69, 9.17) is 16.3 Å². The molecule has 0 saturated carbocycles. The number of halogens is 1. The average molecular weight is 256 g/mol. The molecule has 17 heavy (non-hydrogen) atoms. The fraction of sp³-hybridized carbons (Fsp3) is 0.500. The lowest BCUT2D eigenvalue weighted by Gasteiger charge is -2.07. The van der Waals surface area contributed by atoms with Crippen molar-refractivity contribution in [1.82, 2.24) is 19.6 Å². The molecule has 2 aromatic heterocycles. The summed E-state index contributed by atoms with van der Waals surface area (Å²) in [5, 5.41) is 7.70. The van der Waals surface area contributed by atoms with Crippen LogP contribution in [-0.4, -0.2) is 39.3 Å². The molecule has 92 valence electrons. The first kappa shape index (κ1) is 12.1. The van der Waals surface area contributed by atoms with Crippen LogP contribution in [0.5, 0.6) is 0 Å². The van der Waals surface area contributed by atoms with E-state index in [2.05, 4.69) is 20.4 Å². The molecule has 0 atom stereocenters. The molecule has 1 N–H and O–H groups in total. The van der Waals surface area contributed by atoms with E-state index < -0.39 is 0 Å². The highest BCUT2D eigenvalue weighted by molar-refractivity contribution is 6.29. The number of nitrogens with one attached hydrogen (secondary N) is 1. The molecular formula is C10H14ClN5O. The molecule has 0 aliphatic carbocycles. The van der Waals surface area contributed by atoms with Gasteiger partial charge in [0, 0.05) is 25.8 Å². The van der Waals surface area contributed by atoms with Crippen molar-refractivity contribution in [3.63, 3.8) is 0 Å². The Labute approximate surface area is 104 Å². The molecule has 2 rings (SSSR count). The third-order valence-corrected chi connectivity index (χ3v) is 2.39. The lowest BCUT2D eigenvalue weighted by Crippen LogP contribution is -2.09. The van der Waals surface area contributed by atoms with Gasteiger partial charge >= 0.3 is 0 Å². The molecule has 6 nitrogen and oxygen atoms in total. The fourth-order valence-corrected chi connectivity index (χ4v) is 1.62. The zero-order valence-electron chi connectivity index (χ0n) is 9.56. The Morgan fingerprint density at radius 3 is 3.24 bits per heavy atom. The summed E-state index contributed by atoms with van der Waals surface area (Å²) < 4.78 is 6.87. The molecule has 0 fully saturated rings. The van der Waals surface area contributed by atoms with Crippen molar-refractivity contribution in [1.29, 1.82) is 0 Å². The zero-order chi connectivity index (χ0) is 12.1. The van der Waals surface area contributed by atoms with Crippen molar-refractivity contribution in [2.75, 3.05) is 25.1 Å². The van der Waals surface area contributed by atoms with E-state index in [9.17, 15) is 0 Å². The largest absolute Gasteiger partial charge is 0.382 e. The summed E-state index contributed by atoms with van der Waals surface area (Å²) in [6.45, 7) is 4.25. The highest BCUT2D eigenvalue weighted by Crippen LogP contribution is 2.14. The van der Waals surface area contributed by atoms with Crippen LogP contribution < -0.4 is 5.32 Å². The summed E-state index contributed by atoms with van der Waals surface area (Å²) in [7, 11) is 0. The molecule has 0 bridgehead atoms. The minimum Gasteiger partial charge on any atom is -0.382 e. The van der Waals surface area contributed by atoms with E-state index in [1.165, 1.54) is 6.33 Å². The Hall–Kier alpha value is -1.40. The van der Waals surface area contributed by atoms with Crippen LogP contribution in [0.3, 0.4) is 0 Å². The van der Waals surface area contributed by atoms with Crippen LogP contribution in [0.1, 0.15) is 13.3 Å². The molecule has 7 heteroatoms. The Morgan fingerprint density at radius 1 is 1.53 bits per heavy atom.